The molecule has 1 saturated heterocycles. The van der Waals surface area contributed by atoms with Crippen LogP contribution in [0.4, 0.5) is 8.78 Å². The van der Waals surface area contributed by atoms with Crippen molar-refractivity contribution in [1.82, 2.24) is 9.21 Å². The molecule has 2 aromatic carbocycles. The van der Waals surface area contributed by atoms with E-state index in [0.29, 0.717) is 16.8 Å². The monoisotopic (exact) mass is 466 g/mol. The van der Waals surface area contributed by atoms with Crippen LogP contribution in [0.1, 0.15) is 10.6 Å². The molecule has 0 N–H and O–H groups in total. The van der Waals surface area contributed by atoms with E-state index in [0.717, 1.165) is 22.0 Å². The van der Waals surface area contributed by atoms with Crippen LogP contribution < -0.4 is 0 Å². The minimum atomic E-state index is -4.14. The highest BCUT2D eigenvalue weighted by molar-refractivity contribution is 7.89. The summed E-state index contributed by atoms with van der Waals surface area (Å²) < 4.78 is 59.2. The lowest BCUT2D eigenvalue weighted by Gasteiger charge is -2.33. The normalized spacial score (nSPS) is 15.3. The number of hydrogen-bond acceptors (Lipinski definition) is 4. The number of furan rings is 1. The first-order chi connectivity index (χ1) is 14.8. The fraction of sp³-hybridized carbons (Fsp3) is 0.190. The molecule has 1 amide bonds. The van der Waals surface area contributed by atoms with E-state index in [1.54, 1.807) is 36.4 Å². The first-order valence-corrected chi connectivity index (χ1v) is 11.2. The van der Waals surface area contributed by atoms with Crippen LogP contribution in [-0.4, -0.2) is 49.7 Å². The Morgan fingerprint density at radius 2 is 1.61 bits per heavy atom. The Labute approximate surface area is 182 Å². The van der Waals surface area contributed by atoms with Crippen molar-refractivity contribution in [2.75, 3.05) is 26.2 Å². The van der Waals surface area contributed by atoms with Crippen LogP contribution in [0.2, 0.25) is 5.02 Å². The third-order valence-corrected chi connectivity index (χ3v) is 7.17. The van der Waals surface area contributed by atoms with E-state index in [2.05, 4.69) is 0 Å². The van der Waals surface area contributed by atoms with Crippen LogP contribution in [0, 0.1) is 11.6 Å². The van der Waals surface area contributed by atoms with E-state index in [1.165, 1.54) is 4.90 Å². The van der Waals surface area contributed by atoms with Gasteiger partial charge in [-0.25, -0.2) is 17.2 Å². The van der Waals surface area contributed by atoms with Gasteiger partial charge in [0.2, 0.25) is 10.0 Å². The van der Waals surface area contributed by atoms with Gasteiger partial charge in [0, 0.05) is 42.8 Å². The Kier molecular flexibility index (Phi) is 5.83. The Bertz CT molecular complexity index is 1220. The number of nitrogens with zero attached hydrogens (tertiary/aromatic N) is 2. The minimum absolute atomic E-state index is 0.0182. The number of benzene rings is 2. The maximum atomic E-state index is 14.0. The zero-order valence-corrected chi connectivity index (χ0v) is 17.7. The summed E-state index contributed by atoms with van der Waals surface area (Å²) in [6.07, 6.45) is 0. The smallest absolute Gasteiger partial charge is 0.289 e. The number of carbonyl (C=O) groups excluding carboxylic acids is 1. The summed E-state index contributed by atoms with van der Waals surface area (Å²) in [6, 6.07) is 12.5. The molecule has 6 nitrogen and oxygen atoms in total. The average molecular weight is 467 g/mol. The summed E-state index contributed by atoms with van der Waals surface area (Å²) in [5.74, 6) is -1.74. The van der Waals surface area contributed by atoms with Crippen molar-refractivity contribution in [1.29, 1.82) is 0 Å². The van der Waals surface area contributed by atoms with Crippen LogP contribution in [0.25, 0.3) is 11.3 Å². The van der Waals surface area contributed by atoms with E-state index in [1.807, 2.05) is 0 Å². The number of piperazine rings is 1. The van der Waals surface area contributed by atoms with Gasteiger partial charge in [0.15, 0.2) is 5.76 Å². The highest BCUT2D eigenvalue weighted by Gasteiger charge is 2.33. The molecular formula is C21H17ClF2N2O4S. The molecule has 0 bridgehead atoms. The molecule has 0 aliphatic carbocycles. The highest BCUT2D eigenvalue weighted by Crippen LogP contribution is 2.26. The number of halogens is 3. The van der Waals surface area contributed by atoms with Crippen LogP contribution in [-0.2, 0) is 10.0 Å². The van der Waals surface area contributed by atoms with Gasteiger partial charge in [-0.15, -0.1) is 0 Å². The summed E-state index contributed by atoms with van der Waals surface area (Å²) in [6.45, 7) is 0.182. The molecule has 0 saturated carbocycles. The molecule has 10 heteroatoms. The summed E-state index contributed by atoms with van der Waals surface area (Å²) in [7, 11) is -4.14. The number of hydrogen-bond donors (Lipinski definition) is 0. The molecule has 1 aliphatic rings. The van der Waals surface area contributed by atoms with Crippen molar-refractivity contribution in [3.63, 3.8) is 0 Å². The van der Waals surface area contributed by atoms with Crippen molar-refractivity contribution in [3.8, 4) is 11.3 Å². The van der Waals surface area contributed by atoms with Gasteiger partial charge in [-0.05, 0) is 48.5 Å². The molecule has 1 fully saturated rings. The quantitative estimate of drug-likeness (QED) is 0.582. The van der Waals surface area contributed by atoms with E-state index >= 15 is 0 Å². The summed E-state index contributed by atoms with van der Waals surface area (Å²) in [5.41, 5.74) is 0.765. The van der Waals surface area contributed by atoms with E-state index in [4.69, 9.17) is 16.0 Å². The second-order valence-corrected chi connectivity index (χ2v) is 9.28. The van der Waals surface area contributed by atoms with Gasteiger partial charge in [0.25, 0.3) is 5.91 Å². The lowest BCUT2D eigenvalue weighted by Crippen LogP contribution is -2.50. The predicted octanol–water partition coefficient (Wildman–Crippen LogP) is 4.02. The van der Waals surface area contributed by atoms with E-state index in [9.17, 15) is 22.0 Å². The third-order valence-electron chi connectivity index (χ3n) is 4.98. The topological polar surface area (TPSA) is 70.8 Å². The fourth-order valence-electron chi connectivity index (χ4n) is 3.33. The summed E-state index contributed by atoms with van der Waals surface area (Å²) in [4.78, 5) is 13.6. The van der Waals surface area contributed by atoms with Crippen molar-refractivity contribution in [2.45, 2.75) is 4.90 Å². The Balaban J connectivity index is 1.44. The molecule has 0 radical (unpaired) electrons. The molecular weight excluding hydrogens is 450 g/mol. The molecule has 162 valence electrons. The highest BCUT2D eigenvalue weighted by atomic mass is 35.5. The Morgan fingerprint density at radius 3 is 2.26 bits per heavy atom. The third kappa shape index (κ3) is 4.34. The van der Waals surface area contributed by atoms with Gasteiger partial charge in [0.1, 0.15) is 22.3 Å². The molecule has 4 rings (SSSR count). The molecule has 1 aliphatic heterocycles. The minimum Gasteiger partial charge on any atom is -0.451 e. The maximum absolute atomic E-state index is 14.0. The lowest BCUT2D eigenvalue weighted by molar-refractivity contribution is 0.0666. The Hall–Kier alpha value is -2.75. The number of sulfonamides is 1. The van der Waals surface area contributed by atoms with Gasteiger partial charge in [-0.1, -0.05) is 11.6 Å². The second kappa shape index (κ2) is 8.41. The standard InChI is InChI=1S/C21H17ClF2N2O4S/c22-15-3-1-14(2-4-15)18-6-7-19(30-18)21(27)25-9-11-26(12-10-25)31(28,29)20-8-5-16(23)13-17(20)24/h1-8,13H,9-12H2. The zero-order valence-electron chi connectivity index (χ0n) is 16.1. The average Bonchev–Trinajstić information content (AvgIpc) is 3.24. The molecule has 3 aromatic rings. The first-order valence-electron chi connectivity index (χ1n) is 9.36. The summed E-state index contributed by atoms with van der Waals surface area (Å²) >= 11 is 5.88. The van der Waals surface area contributed by atoms with E-state index in [-0.39, 0.29) is 37.8 Å². The van der Waals surface area contributed by atoms with Crippen LogP contribution >= 0.6 is 11.6 Å². The SMILES string of the molecule is O=C(c1ccc(-c2ccc(Cl)cc2)o1)N1CCN(S(=O)(=O)c2ccc(F)cc2F)CC1. The molecule has 1 aromatic heterocycles. The molecule has 0 spiro atoms. The number of carbonyl (C=O) groups is 1. The molecule has 31 heavy (non-hydrogen) atoms. The first kappa shape index (κ1) is 21.5. The Morgan fingerprint density at radius 1 is 0.935 bits per heavy atom. The molecule has 0 unspecified atom stereocenters. The second-order valence-electron chi connectivity index (χ2n) is 6.94. The number of rotatable bonds is 4. The van der Waals surface area contributed by atoms with Gasteiger partial charge < -0.3 is 9.32 Å². The van der Waals surface area contributed by atoms with Crippen LogP contribution in [0.15, 0.2) is 63.9 Å². The van der Waals surface area contributed by atoms with Gasteiger partial charge >= 0.3 is 0 Å². The van der Waals surface area contributed by atoms with Gasteiger partial charge in [0.05, 0.1) is 0 Å². The molecule has 2 heterocycles. The zero-order chi connectivity index (χ0) is 22.2. The van der Waals surface area contributed by atoms with Crippen LogP contribution in [0.3, 0.4) is 0 Å². The van der Waals surface area contributed by atoms with Crippen LogP contribution in [0.5, 0.6) is 0 Å². The predicted molar refractivity (Wildman–Crippen MR) is 110 cm³/mol. The largest absolute Gasteiger partial charge is 0.451 e. The lowest BCUT2D eigenvalue weighted by atomic mass is 10.2. The molecule has 0 atom stereocenters. The van der Waals surface area contributed by atoms with Gasteiger partial charge in [-0.2, -0.15) is 4.31 Å². The van der Waals surface area contributed by atoms with Crippen molar-refractivity contribution in [3.05, 3.63) is 77.0 Å². The van der Waals surface area contributed by atoms with Gasteiger partial charge in [-0.3, -0.25) is 4.79 Å². The van der Waals surface area contributed by atoms with Crippen molar-refractivity contribution >= 4 is 27.5 Å². The van der Waals surface area contributed by atoms with Crippen molar-refractivity contribution < 1.29 is 26.4 Å². The summed E-state index contributed by atoms with van der Waals surface area (Å²) in [5, 5.41) is 0.583. The number of amides is 1. The fourth-order valence-corrected chi connectivity index (χ4v) is 4.93. The van der Waals surface area contributed by atoms with Crippen molar-refractivity contribution in [2.24, 2.45) is 0 Å². The maximum Gasteiger partial charge on any atom is 0.289 e. The van der Waals surface area contributed by atoms with E-state index < -0.39 is 26.6 Å².